The van der Waals surface area contributed by atoms with E-state index in [2.05, 4.69) is 54.7 Å². The standard InChI is InChI=1S/C24H21BrN4OS/c1-17-6-2-3-8-21(17)29-23(19-7-4-14-26-16-19)27-28-24(29)31-15-5-9-22(30)18-10-12-20(25)13-11-18/h2-4,6-8,10-14,16H,5,9,15H2,1H3. The summed E-state index contributed by atoms with van der Waals surface area (Å²) >= 11 is 5.02. The van der Waals surface area contributed by atoms with Gasteiger partial charge in [0.15, 0.2) is 16.8 Å². The Hall–Kier alpha value is -2.77. The largest absolute Gasteiger partial charge is 0.294 e. The van der Waals surface area contributed by atoms with E-state index in [9.17, 15) is 4.79 Å². The van der Waals surface area contributed by atoms with Crippen molar-refractivity contribution in [3.8, 4) is 17.1 Å². The van der Waals surface area contributed by atoms with Crippen LogP contribution in [0.25, 0.3) is 17.1 Å². The Kier molecular flexibility index (Phi) is 6.94. The highest BCUT2D eigenvalue weighted by Crippen LogP contribution is 2.29. The molecule has 4 rings (SSSR count). The number of aryl methyl sites for hydroxylation is 1. The SMILES string of the molecule is Cc1ccccc1-n1c(SCCCC(=O)c2ccc(Br)cc2)nnc1-c1cccnc1. The first kappa shape index (κ1) is 21.5. The molecule has 0 atom stereocenters. The van der Waals surface area contributed by atoms with Crippen LogP contribution in [-0.4, -0.2) is 31.3 Å². The number of hydrogen-bond acceptors (Lipinski definition) is 5. The van der Waals surface area contributed by atoms with Gasteiger partial charge in [-0.2, -0.15) is 0 Å². The lowest BCUT2D eigenvalue weighted by Crippen LogP contribution is -2.03. The summed E-state index contributed by atoms with van der Waals surface area (Å²) in [6.45, 7) is 2.08. The predicted molar refractivity (Wildman–Crippen MR) is 128 cm³/mol. The number of aromatic nitrogens is 4. The lowest BCUT2D eigenvalue weighted by Gasteiger charge is -2.12. The van der Waals surface area contributed by atoms with Gasteiger partial charge in [-0.1, -0.05) is 58.0 Å². The molecular formula is C24H21BrN4OS. The minimum atomic E-state index is 0.157. The maximum Gasteiger partial charge on any atom is 0.196 e. The number of carbonyl (C=O) groups is 1. The summed E-state index contributed by atoms with van der Waals surface area (Å²) in [6.07, 6.45) is 4.81. The van der Waals surface area contributed by atoms with Crippen molar-refractivity contribution in [2.45, 2.75) is 24.9 Å². The minimum Gasteiger partial charge on any atom is -0.294 e. The fourth-order valence-corrected chi connectivity index (χ4v) is 4.40. The van der Waals surface area contributed by atoms with Gasteiger partial charge in [0.1, 0.15) is 0 Å². The summed E-state index contributed by atoms with van der Waals surface area (Å²) in [6, 6.07) is 19.6. The number of ketones is 1. The highest BCUT2D eigenvalue weighted by atomic mass is 79.9. The maximum absolute atomic E-state index is 12.4. The molecule has 0 bridgehead atoms. The number of pyridine rings is 1. The molecule has 0 saturated heterocycles. The molecule has 156 valence electrons. The van der Waals surface area contributed by atoms with Crippen molar-refractivity contribution < 1.29 is 4.79 Å². The van der Waals surface area contributed by atoms with Crippen molar-refractivity contribution in [1.82, 2.24) is 19.7 Å². The molecule has 0 aliphatic carbocycles. The monoisotopic (exact) mass is 492 g/mol. The summed E-state index contributed by atoms with van der Waals surface area (Å²) in [5, 5.41) is 9.72. The quantitative estimate of drug-likeness (QED) is 0.167. The molecule has 2 aromatic carbocycles. The predicted octanol–water partition coefficient (Wildman–Crippen LogP) is 6.16. The van der Waals surface area contributed by atoms with E-state index in [4.69, 9.17) is 0 Å². The van der Waals surface area contributed by atoms with Crippen LogP contribution in [-0.2, 0) is 0 Å². The molecule has 0 spiro atoms. The second-order valence-corrected chi connectivity index (χ2v) is 9.03. The summed E-state index contributed by atoms with van der Waals surface area (Å²) in [4.78, 5) is 16.7. The van der Waals surface area contributed by atoms with E-state index in [1.807, 2.05) is 48.5 Å². The van der Waals surface area contributed by atoms with Gasteiger partial charge in [0.2, 0.25) is 0 Å². The molecule has 0 amide bonds. The molecule has 7 heteroatoms. The number of carbonyl (C=O) groups excluding carboxylic acids is 1. The molecule has 0 unspecified atom stereocenters. The van der Waals surface area contributed by atoms with Gasteiger partial charge in [0.25, 0.3) is 0 Å². The topological polar surface area (TPSA) is 60.7 Å². The van der Waals surface area contributed by atoms with Crippen LogP contribution in [0.3, 0.4) is 0 Å². The molecule has 2 aromatic heterocycles. The Morgan fingerprint density at radius 1 is 1.03 bits per heavy atom. The van der Waals surface area contributed by atoms with Crippen LogP contribution in [0, 0.1) is 6.92 Å². The lowest BCUT2D eigenvalue weighted by molar-refractivity contribution is 0.0982. The Morgan fingerprint density at radius 2 is 1.84 bits per heavy atom. The third kappa shape index (κ3) is 5.11. The molecule has 0 aliphatic heterocycles. The van der Waals surface area contributed by atoms with Gasteiger partial charge in [-0.05, 0) is 49.2 Å². The molecule has 0 saturated carbocycles. The van der Waals surface area contributed by atoms with Crippen molar-refractivity contribution in [2.24, 2.45) is 0 Å². The van der Waals surface area contributed by atoms with Gasteiger partial charge in [-0.25, -0.2) is 0 Å². The minimum absolute atomic E-state index is 0.157. The summed E-state index contributed by atoms with van der Waals surface area (Å²) < 4.78 is 3.05. The van der Waals surface area contributed by atoms with Crippen LogP contribution in [0.5, 0.6) is 0 Å². The van der Waals surface area contributed by atoms with E-state index in [0.717, 1.165) is 50.0 Å². The zero-order valence-electron chi connectivity index (χ0n) is 17.0. The summed E-state index contributed by atoms with van der Waals surface area (Å²) in [5.41, 5.74) is 3.84. The third-order valence-corrected chi connectivity index (χ3v) is 6.40. The van der Waals surface area contributed by atoms with Crippen LogP contribution in [0.2, 0.25) is 0 Å². The van der Waals surface area contributed by atoms with Crippen molar-refractivity contribution in [3.05, 3.63) is 88.7 Å². The second kappa shape index (κ2) is 10.0. The smallest absolute Gasteiger partial charge is 0.196 e. The normalized spacial score (nSPS) is 10.9. The van der Waals surface area contributed by atoms with Crippen molar-refractivity contribution >= 4 is 33.5 Å². The Balaban J connectivity index is 1.51. The van der Waals surface area contributed by atoms with E-state index in [1.54, 1.807) is 24.2 Å². The number of nitrogens with zero attached hydrogens (tertiary/aromatic N) is 4. The number of benzene rings is 2. The van der Waals surface area contributed by atoms with E-state index >= 15 is 0 Å². The number of rotatable bonds is 8. The molecular weight excluding hydrogens is 472 g/mol. The van der Waals surface area contributed by atoms with E-state index in [-0.39, 0.29) is 5.78 Å². The first-order chi connectivity index (χ1) is 15.1. The zero-order valence-corrected chi connectivity index (χ0v) is 19.4. The number of Topliss-reactive ketones (excluding diaryl/α,β-unsaturated/α-hetero) is 1. The zero-order chi connectivity index (χ0) is 21.6. The van der Waals surface area contributed by atoms with Gasteiger partial charge in [0.05, 0.1) is 5.69 Å². The van der Waals surface area contributed by atoms with E-state index < -0.39 is 0 Å². The van der Waals surface area contributed by atoms with Crippen LogP contribution in [0.1, 0.15) is 28.8 Å². The van der Waals surface area contributed by atoms with Gasteiger partial charge < -0.3 is 0 Å². The van der Waals surface area contributed by atoms with Gasteiger partial charge in [-0.3, -0.25) is 14.3 Å². The van der Waals surface area contributed by atoms with Crippen LogP contribution < -0.4 is 0 Å². The van der Waals surface area contributed by atoms with Crippen molar-refractivity contribution in [3.63, 3.8) is 0 Å². The molecule has 0 aliphatic rings. The Morgan fingerprint density at radius 3 is 2.58 bits per heavy atom. The first-order valence-corrected chi connectivity index (χ1v) is 11.7. The highest BCUT2D eigenvalue weighted by molar-refractivity contribution is 9.10. The molecule has 0 radical (unpaired) electrons. The lowest BCUT2D eigenvalue weighted by atomic mass is 10.1. The van der Waals surface area contributed by atoms with Crippen molar-refractivity contribution in [2.75, 3.05) is 5.75 Å². The van der Waals surface area contributed by atoms with Gasteiger partial charge in [-0.15, -0.1) is 10.2 Å². The average Bonchev–Trinajstić information content (AvgIpc) is 3.21. The average molecular weight is 493 g/mol. The van der Waals surface area contributed by atoms with Gasteiger partial charge >= 0.3 is 0 Å². The Labute approximate surface area is 194 Å². The fourth-order valence-electron chi connectivity index (χ4n) is 3.25. The van der Waals surface area contributed by atoms with Crippen LogP contribution in [0.4, 0.5) is 0 Å². The summed E-state index contributed by atoms with van der Waals surface area (Å²) in [7, 11) is 0. The molecule has 31 heavy (non-hydrogen) atoms. The van der Waals surface area contributed by atoms with E-state index in [0.29, 0.717) is 6.42 Å². The number of para-hydroxylation sites is 1. The number of thioether (sulfide) groups is 1. The van der Waals surface area contributed by atoms with Crippen LogP contribution >= 0.6 is 27.7 Å². The molecule has 2 heterocycles. The van der Waals surface area contributed by atoms with Crippen molar-refractivity contribution in [1.29, 1.82) is 0 Å². The highest BCUT2D eigenvalue weighted by Gasteiger charge is 2.17. The van der Waals surface area contributed by atoms with Gasteiger partial charge in [0, 0.05) is 40.2 Å². The number of halogens is 1. The molecule has 0 N–H and O–H groups in total. The third-order valence-electron chi connectivity index (χ3n) is 4.85. The number of hydrogen-bond donors (Lipinski definition) is 0. The van der Waals surface area contributed by atoms with E-state index in [1.165, 1.54) is 0 Å². The van der Waals surface area contributed by atoms with Crippen LogP contribution in [0.15, 0.2) is 82.7 Å². The molecule has 5 nitrogen and oxygen atoms in total. The summed E-state index contributed by atoms with van der Waals surface area (Å²) in [5.74, 6) is 1.69. The second-order valence-electron chi connectivity index (χ2n) is 7.05. The maximum atomic E-state index is 12.4. The molecule has 4 aromatic rings. The fraction of sp³-hybridized carbons (Fsp3) is 0.167. The Bertz CT molecular complexity index is 1180. The first-order valence-electron chi connectivity index (χ1n) is 9.97. The molecule has 0 fully saturated rings.